The Labute approximate surface area is 112 Å². The Morgan fingerprint density at radius 2 is 2.00 bits per heavy atom. The quantitative estimate of drug-likeness (QED) is 0.777. The molecule has 2 N–H and O–H groups in total. The summed E-state index contributed by atoms with van der Waals surface area (Å²) in [5, 5.41) is 11.8. The largest absolute Gasteiger partial charge is 0.475 e. The summed E-state index contributed by atoms with van der Waals surface area (Å²) in [5.41, 5.74) is 0.754. The van der Waals surface area contributed by atoms with Crippen LogP contribution in [0.5, 0.6) is 0 Å². The monoisotopic (exact) mass is 268 g/mol. The van der Waals surface area contributed by atoms with Crippen LogP contribution in [0.1, 0.15) is 35.7 Å². The highest BCUT2D eigenvalue weighted by atomic mass is 16.4. The maximum atomic E-state index is 11.7. The molecule has 106 valence electrons. The maximum Gasteiger partial charge on any atom is 0.371 e. The summed E-state index contributed by atoms with van der Waals surface area (Å²) in [4.78, 5) is 24.2. The zero-order valence-corrected chi connectivity index (χ0v) is 11.5. The van der Waals surface area contributed by atoms with Crippen LogP contribution in [0.25, 0.3) is 0 Å². The summed E-state index contributed by atoms with van der Waals surface area (Å²) in [6, 6.07) is 1.48. The number of aryl methyl sites for hydroxylation is 1. The molecule has 0 unspecified atom stereocenters. The van der Waals surface area contributed by atoms with Crippen molar-refractivity contribution in [1.29, 1.82) is 0 Å². The molecule has 0 aliphatic carbocycles. The lowest BCUT2D eigenvalue weighted by Crippen LogP contribution is -2.37. The van der Waals surface area contributed by atoms with E-state index in [0.717, 1.165) is 5.56 Å². The van der Waals surface area contributed by atoms with Gasteiger partial charge < -0.3 is 19.7 Å². The highest BCUT2D eigenvalue weighted by molar-refractivity contribution is 5.84. The molecule has 0 bridgehead atoms. The van der Waals surface area contributed by atoms with Gasteiger partial charge in [0.2, 0.25) is 11.7 Å². The molecule has 0 spiro atoms. The number of nitrogens with zero attached hydrogens (tertiary/aromatic N) is 1. The van der Waals surface area contributed by atoms with Crippen molar-refractivity contribution in [1.82, 2.24) is 10.2 Å². The van der Waals surface area contributed by atoms with Crippen LogP contribution >= 0.6 is 0 Å². The average Bonchev–Trinajstić information content (AvgIpc) is 2.73. The third-order valence-electron chi connectivity index (χ3n) is 2.94. The minimum atomic E-state index is -1.09. The molecule has 0 aromatic carbocycles. The number of carbonyl (C=O) groups excluding carboxylic acids is 1. The molecule has 1 aromatic heterocycles. The highest BCUT2D eigenvalue weighted by Crippen LogP contribution is 2.14. The van der Waals surface area contributed by atoms with E-state index >= 15 is 0 Å². The van der Waals surface area contributed by atoms with E-state index in [9.17, 15) is 9.59 Å². The Kier molecular flexibility index (Phi) is 5.57. The van der Waals surface area contributed by atoms with Crippen molar-refractivity contribution in [2.45, 2.75) is 27.3 Å². The molecule has 1 rings (SSSR count). The first-order chi connectivity index (χ1) is 8.99. The van der Waals surface area contributed by atoms with E-state index in [0.29, 0.717) is 25.4 Å². The van der Waals surface area contributed by atoms with E-state index in [-0.39, 0.29) is 18.2 Å². The lowest BCUT2D eigenvalue weighted by molar-refractivity contribution is -0.129. The summed E-state index contributed by atoms with van der Waals surface area (Å²) < 4.78 is 5.09. The number of likely N-dealkylation sites (N-methyl/N-ethyl adjacent to an activating group) is 1. The number of amides is 1. The number of carboxylic acid groups (broad SMARTS) is 1. The lowest BCUT2D eigenvalue weighted by Gasteiger charge is -2.18. The Bertz CT molecular complexity index is 449. The Morgan fingerprint density at radius 1 is 1.37 bits per heavy atom. The summed E-state index contributed by atoms with van der Waals surface area (Å²) in [5.74, 6) is -0.581. The number of carbonyl (C=O) groups is 2. The second-order valence-corrected chi connectivity index (χ2v) is 4.17. The van der Waals surface area contributed by atoms with Crippen molar-refractivity contribution >= 4 is 11.9 Å². The van der Waals surface area contributed by atoms with Gasteiger partial charge in [-0.05, 0) is 26.8 Å². The van der Waals surface area contributed by atoms with E-state index in [1.807, 2.05) is 13.8 Å². The molecular weight excluding hydrogens is 248 g/mol. The molecule has 0 saturated heterocycles. The normalized spacial score (nSPS) is 10.5. The van der Waals surface area contributed by atoms with Gasteiger partial charge in [0.1, 0.15) is 5.76 Å². The smallest absolute Gasteiger partial charge is 0.371 e. The van der Waals surface area contributed by atoms with Crippen LogP contribution in [0.4, 0.5) is 0 Å². The van der Waals surface area contributed by atoms with Gasteiger partial charge in [-0.1, -0.05) is 0 Å². The Hall–Kier alpha value is -1.82. The lowest BCUT2D eigenvalue weighted by atomic mass is 10.2. The minimum Gasteiger partial charge on any atom is -0.475 e. The first-order valence-corrected chi connectivity index (χ1v) is 6.30. The number of rotatable bonds is 7. The highest BCUT2D eigenvalue weighted by Gasteiger charge is 2.14. The first kappa shape index (κ1) is 15.2. The van der Waals surface area contributed by atoms with Crippen LogP contribution in [0.15, 0.2) is 10.5 Å². The summed E-state index contributed by atoms with van der Waals surface area (Å²) in [6.07, 6.45) is 0. The van der Waals surface area contributed by atoms with Gasteiger partial charge in [0.25, 0.3) is 0 Å². The second kappa shape index (κ2) is 6.94. The fourth-order valence-corrected chi connectivity index (χ4v) is 1.79. The predicted octanol–water partition coefficient (Wildman–Crippen LogP) is 1.24. The summed E-state index contributed by atoms with van der Waals surface area (Å²) >= 11 is 0. The maximum absolute atomic E-state index is 11.7. The molecule has 19 heavy (non-hydrogen) atoms. The molecule has 0 aliphatic heterocycles. The van der Waals surface area contributed by atoms with Gasteiger partial charge in [-0.2, -0.15) is 0 Å². The number of hydrogen-bond donors (Lipinski definition) is 2. The molecule has 6 nitrogen and oxygen atoms in total. The molecule has 0 saturated carbocycles. The number of hydrogen-bond acceptors (Lipinski definition) is 4. The van der Waals surface area contributed by atoms with Crippen molar-refractivity contribution < 1.29 is 19.1 Å². The zero-order chi connectivity index (χ0) is 14.4. The summed E-state index contributed by atoms with van der Waals surface area (Å²) in [7, 11) is 0. The minimum absolute atomic E-state index is 0.0320. The first-order valence-electron chi connectivity index (χ1n) is 6.30. The van der Waals surface area contributed by atoms with Gasteiger partial charge in [0, 0.05) is 25.2 Å². The molecule has 0 aliphatic rings. The molecule has 0 fully saturated rings. The fraction of sp³-hybridized carbons (Fsp3) is 0.538. The van der Waals surface area contributed by atoms with Crippen molar-refractivity contribution in [2.24, 2.45) is 0 Å². The van der Waals surface area contributed by atoms with Gasteiger partial charge in [-0.3, -0.25) is 4.79 Å². The van der Waals surface area contributed by atoms with Crippen molar-refractivity contribution in [2.75, 3.05) is 19.6 Å². The number of furan rings is 1. The molecule has 1 amide bonds. The Balaban J connectivity index is 2.49. The summed E-state index contributed by atoms with van der Waals surface area (Å²) in [6.45, 7) is 7.58. The van der Waals surface area contributed by atoms with Crippen LogP contribution in [-0.2, 0) is 11.3 Å². The Morgan fingerprint density at radius 3 is 2.47 bits per heavy atom. The van der Waals surface area contributed by atoms with Gasteiger partial charge in [-0.25, -0.2) is 4.79 Å². The van der Waals surface area contributed by atoms with Crippen LogP contribution in [0.3, 0.4) is 0 Å². The average molecular weight is 268 g/mol. The van der Waals surface area contributed by atoms with Crippen LogP contribution in [-0.4, -0.2) is 41.5 Å². The molecule has 6 heteroatoms. The standard InChI is InChI=1S/C13H20N2O4/c1-4-15(5-2)12(16)8-14-7-10-6-11(13(17)18)19-9(10)3/h6,14H,4-5,7-8H2,1-3H3,(H,17,18). The topological polar surface area (TPSA) is 82.8 Å². The molecule has 1 aromatic rings. The van der Waals surface area contributed by atoms with Crippen molar-refractivity contribution in [3.63, 3.8) is 0 Å². The van der Waals surface area contributed by atoms with Crippen LogP contribution in [0.2, 0.25) is 0 Å². The SMILES string of the molecule is CCN(CC)C(=O)CNCc1cc(C(=O)O)oc1C. The zero-order valence-electron chi connectivity index (χ0n) is 11.5. The van der Waals surface area contributed by atoms with Gasteiger partial charge in [0.05, 0.1) is 6.54 Å². The van der Waals surface area contributed by atoms with Crippen LogP contribution < -0.4 is 5.32 Å². The van der Waals surface area contributed by atoms with Crippen LogP contribution in [0, 0.1) is 6.92 Å². The van der Waals surface area contributed by atoms with E-state index in [1.54, 1.807) is 11.8 Å². The van der Waals surface area contributed by atoms with E-state index < -0.39 is 5.97 Å². The second-order valence-electron chi connectivity index (χ2n) is 4.17. The predicted molar refractivity (Wildman–Crippen MR) is 70.0 cm³/mol. The third-order valence-corrected chi connectivity index (χ3v) is 2.94. The van der Waals surface area contributed by atoms with E-state index in [2.05, 4.69) is 5.32 Å². The number of nitrogens with one attached hydrogen (secondary N) is 1. The number of aromatic carboxylic acids is 1. The molecule has 0 radical (unpaired) electrons. The van der Waals surface area contributed by atoms with Crippen molar-refractivity contribution in [3.05, 3.63) is 23.2 Å². The van der Waals surface area contributed by atoms with Gasteiger partial charge in [-0.15, -0.1) is 0 Å². The van der Waals surface area contributed by atoms with Gasteiger partial charge >= 0.3 is 5.97 Å². The fourth-order valence-electron chi connectivity index (χ4n) is 1.79. The van der Waals surface area contributed by atoms with E-state index in [1.165, 1.54) is 6.07 Å². The molecule has 1 heterocycles. The number of carboxylic acids is 1. The molecule has 0 atom stereocenters. The third kappa shape index (κ3) is 4.10. The molecular formula is C13H20N2O4. The van der Waals surface area contributed by atoms with Gasteiger partial charge in [0.15, 0.2) is 0 Å². The van der Waals surface area contributed by atoms with E-state index in [4.69, 9.17) is 9.52 Å². The van der Waals surface area contributed by atoms with Crippen molar-refractivity contribution in [3.8, 4) is 0 Å².